The number of hydrogen-bond donors (Lipinski definition) is 2. The van der Waals surface area contributed by atoms with E-state index in [0.717, 1.165) is 25.8 Å². The molecule has 1 unspecified atom stereocenters. The Kier molecular flexibility index (Phi) is 5.14. The molecule has 1 heterocycles. The minimum Gasteiger partial charge on any atom is -0.480 e. The van der Waals surface area contributed by atoms with Crippen molar-refractivity contribution in [1.29, 1.82) is 0 Å². The molecule has 18 heavy (non-hydrogen) atoms. The minimum atomic E-state index is -0.955. The zero-order chi connectivity index (χ0) is 13.8. The van der Waals surface area contributed by atoms with E-state index in [1.807, 2.05) is 20.8 Å². The van der Waals surface area contributed by atoms with Gasteiger partial charge in [-0.15, -0.1) is 0 Å². The van der Waals surface area contributed by atoms with E-state index >= 15 is 0 Å². The first kappa shape index (κ1) is 15.0. The van der Waals surface area contributed by atoms with Crippen LogP contribution in [0.15, 0.2) is 0 Å². The van der Waals surface area contributed by atoms with Crippen molar-refractivity contribution in [3.8, 4) is 0 Å². The third-order valence-electron chi connectivity index (χ3n) is 3.29. The van der Waals surface area contributed by atoms with Gasteiger partial charge in [0.25, 0.3) is 0 Å². The molecule has 1 amide bonds. The number of carboxylic acids is 1. The van der Waals surface area contributed by atoms with Gasteiger partial charge >= 0.3 is 5.97 Å². The summed E-state index contributed by atoms with van der Waals surface area (Å²) in [5.41, 5.74) is -0.595. The Balaban J connectivity index is 2.76. The number of carbonyl (C=O) groups excluding carboxylic acids is 1. The zero-order valence-corrected chi connectivity index (χ0v) is 11.5. The van der Waals surface area contributed by atoms with Gasteiger partial charge in [-0.05, 0) is 38.6 Å². The lowest BCUT2D eigenvalue weighted by atomic mass is 9.89. The second kappa shape index (κ2) is 6.18. The largest absolute Gasteiger partial charge is 0.480 e. The van der Waals surface area contributed by atoms with Crippen LogP contribution in [0.1, 0.15) is 40.0 Å². The number of carbonyl (C=O) groups is 2. The summed E-state index contributed by atoms with van der Waals surface area (Å²) in [5, 5.41) is 12.2. The van der Waals surface area contributed by atoms with Crippen LogP contribution in [0.25, 0.3) is 0 Å². The fourth-order valence-corrected chi connectivity index (χ4v) is 2.41. The molecule has 0 aliphatic carbocycles. The Hall–Kier alpha value is -1.10. The molecule has 1 atom stereocenters. The topological polar surface area (TPSA) is 69.6 Å². The van der Waals surface area contributed by atoms with E-state index in [1.165, 1.54) is 4.90 Å². The van der Waals surface area contributed by atoms with Crippen molar-refractivity contribution in [2.45, 2.75) is 45.6 Å². The molecule has 1 aliphatic rings. The molecule has 0 aromatic heterocycles. The van der Waals surface area contributed by atoms with Crippen molar-refractivity contribution in [3.05, 3.63) is 0 Å². The normalized spacial score (nSPS) is 24.0. The van der Waals surface area contributed by atoms with Crippen LogP contribution in [0.4, 0.5) is 0 Å². The third kappa shape index (κ3) is 3.98. The number of hydrogen-bond acceptors (Lipinski definition) is 3. The van der Waals surface area contributed by atoms with E-state index in [9.17, 15) is 9.59 Å². The fraction of sp³-hybridized carbons (Fsp3) is 0.846. The lowest BCUT2D eigenvalue weighted by Crippen LogP contribution is -2.59. The molecule has 2 N–H and O–H groups in total. The van der Waals surface area contributed by atoms with Crippen molar-refractivity contribution >= 4 is 11.9 Å². The maximum atomic E-state index is 12.5. The van der Waals surface area contributed by atoms with Crippen LogP contribution in [0, 0.1) is 5.92 Å². The Morgan fingerprint density at radius 1 is 1.39 bits per heavy atom. The highest BCUT2D eigenvalue weighted by Gasteiger charge is 2.38. The second-order valence-corrected chi connectivity index (χ2v) is 5.69. The first-order valence-electron chi connectivity index (χ1n) is 6.61. The van der Waals surface area contributed by atoms with Crippen molar-refractivity contribution in [3.63, 3.8) is 0 Å². The maximum Gasteiger partial charge on any atom is 0.323 e. The van der Waals surface area contributed by atoms with Crippen LogP contribution < -0.4 is 5.32 Å². The molecule has 0 radical (unpaired) electrons. The predicted molar refractivity (Wildman–Crippen MR) is 69.3 cm³/mol. The van der Waals surface area contributed by atoms with E-state index in [-0.39, 0.29) is 18.4 Å². The summed E-state index contributed by atoms with van der Waals surface area (Å²) in [6.07, 6.45) is 2.86. The van der Waals surface area contributed by atoms with Crippen LogP contribution in [-0.4, -0.2) is 47.1 Å². The van der Waals surface area contributed by atoms with Gasteiger partial charge in [0.2, 0.25) is 5.91 Å². The van der Waals surface area contributed by atoms with E-state index in [1.54, 1.807) is 0 Å². The Morgan fingerprint density at radius 3 is 2.50 bits per heavy atom. The Labute approximate surface area is 109 Å². The molecule has 0 aromatic rings. The van der Waals surface area contributed by atoms with Gasteiger partial charge in [0.15, 0.2) is 0 Å². The van der Waals surface area contributed by atoms with Crippen molar-refractivity contribution in [1.82, 2.24) is 10.2 Å². The second-order valence-electron chi connectivity index (χ2n) is 5.69. The lowest BCUT2D eigenvalue weighted by molar-refractivity contribution is -0.148. The van der Waals surface area contributed by atoms with Crippen LogP contribution in [0.2, 0.25) is 0 Å². The monoisotopic (exact) mass is 256 g/mol. The lowest BCUT2D eigenvalue weighted by Gasteiger charge is -2.38. The molecule has 5 nitrogen and oxygen atoms in total. The van der Waals surface area contributed by atoms with Gasteiger partial charge in [0, 0.05) is 6.54 Å². The van der Waals surface area contributed by atoms with E-state index < -0.39 is 11.5 Å². The van der Waals surface area contributed by atoms with E-state index in [2.05, 4.69) is 5.32 Å². The van der Waals surface area contributed by atoms with Crippen molar-refractivity contribution in [2.24, 2.45) is 5.92 Å². The SMILES string of the molecule is CC(C)CN(CC(=O)O)C(=O)C1(C)CCCCN1. The number of aliphatic carboxylic acids is 1. The van der Waals surface area contributed by atoms with Crippen LogP contribution in [0.5, 0.6) is 0 Å². The van der Waals surface area contributed by atoms with Gasteiger partial charge in [0.1, 0.15) is 6.54 Å². The number of rotatable bonds is 5. The molecule has 1 saturated heterocycles. The highest BCUT2D eigenvalue weighted by molar-refractivity contribution is 5.88. The summed E-state index contributed by atoms with van der Waals surface area (Å²) in [7, 11) is 0. The number of piperidine rings is 1. The molecule has 1 fully saturated rings. The smallest absolute Gasteiger partial charge is 0.323 e. The Morgan fingerprint density at radius 2 is 2.06 bits per heavy atom. The summed E-state index contributed by atoms with van der Waals surface area (Å²) < 4.78 is 0. The molecular weight excluding hydrogens is 232 g/mol. The summed E-state index contributed by atoms with van der Waals surface area (Å²) in [6.45, 7) is 6.95. The summed E-state index contributed by atoms with van der Waals surface area (Å²) >= 11 is 0. The van der Waals surface area contributed by atoms with Gasteiger partial charge in [-0.1, -0.05) is 13.8 Å². The molecule has 1 aliphatic heterocycles. The number of carboxylic acid groups (broad SMARTS) is 1. The average molecular weight is 256 g/mol. The van der Waals surface area contributed by atoms with Crippen molar-refractivity contribution in [2.75, 3.05) is 19.6 Å². The number of amides is 1. The number of nitrogens with zero attached hydrogens (tertiary/aromatic N) is 1. The van der Waals surface area contributed by atoms with Gasteiger partial charge in [-0.25, -0.2) is 0 Å². The highest BCUT2D eigenvalue weighted by Crippen LogP contribution is 2.21. The Bertz CT molecular complexity index is 309. The summed E-state index contributed by atoms with van der Waals surface area (Å²) in [6, 6.07) is 0. The van der Waals surface area contributed by atoms with E-state index in [0.29, 0.717) is 6.54 Å². The fourth-order valence-electron chi connectivity index (χ4n) is 2.41. The molecule has 104 valence electrons. The first-order valence-corrected chi connectivity index (χ1v) is 6.61. The predicted octanol–water partition coefficient (Wildman–Crippen LogP) is 1.09. The molecule has 0 spiro atoms. The zero-order valence-electron chi connectivity index (χ0n) is 11.5. The third-order valence-corrected chi connectivity index (χ3v) is 3.29. The molecule has 5 heteroatoms. The van der Waals surface area contributed by atoms with Gasteiger partial charge in [-0.2, -0.15) is 0 Å². The highest BCUT2D eigenvalue weighted by atomic mass is 16.4. The van der Waals surface area contributed by atoms with Gasteiger partial charge in [-0.3, -0.25) is 9.59 Å². The number of nitrogens with one attached hydrogen (secondary N) is 1. The van der Waals surface area contributed by atoms with Gasteiger partial charge < -0.3 is 15.3 Å². The van der Waals surface area contributed by atoms with Gasteiger partial charge in [0.05, 0.1) is 5.54 Å². The molecule has 0 bridgehead atoms. The van der Waals surface area contributed by atoms with E-state index in [4.69, 9.17) is 5.11 Å². The first-order chi connectivity index (χ1) is 8.35. The minimum absolute atomic E-state index is 0.0849. The molecular formula is C13H24N2O3. The average Bonchev–Trinajstić information content (AvgIpc) is 2.27. The maximum absolute atomic E-state index is 12.5. The van der Waals surface area contributed by atoms with Crippen LogP contribution in [0.3, 0.4) is 0 Å². The summed E-state index contributed by atoms with van der Waals surface area (Å²) in [4.78, 5) is 24.8. The van der Waals surface area contributed by atoms with Crippen LogP contribution in [-0.2, 0) is 9.59 Å². The molecule has 0 saturated carbocycles. The quantitative estimate of drug-likeness (QED) is 0.772. The molecule has 1 rings (SSSR count). The summed E-state index contributed by atoms with van der Waals surface area (Å²) in [5.74, 6) is -0.776. The standard InChI is InChI=1S/C13H24N2O3/c1-10(2)8-15(9-11(16)17)12(18)13(3)6-4-5-7-14-13/h10,14H,4-9H2,1-3H3,(H,16,17). The van der Waals surface area contributed by atoms with Crippen molar-refractivity contribution < 1.29 is 14.7 Å². The van der Waals surface area contributed by atoms with Crippen LogP contribution >= 0.6 is 0 Å². The molecule has 0 aromatic carbocycles.